The lowest BCUT2D eigenvalue weighted by Crippen LogP contribution is -2.26. The first kappa shape index (κ1) is 14.8. The van der Waals surface area contributed by atoms with E-state index in [1.807, 2.05) is 34.7 Å². The van der Waals surface area contributed by atoms with Crippen LogP contribution in [0.3, 0.4) is 0 Å². The van der Waals surface area contributed by atoms with Crippen molar-refractivity contribution in [2.24, 2.45) is 10.2 Å². The number of rotatable bonds is 4. The molecule has 7 heteroatoms. The largest absolute Gasteiger partial charge is 0.778 e. The van der Waals surface area contributed by atoms with Crippen LogP contribution in [0.25, 0.3) is 0 Å². The zero-order chi connectivity index (χ0) is 12.7. The van der Waals surface area contributed by atoms with E-state index in [2.05, 4.69) is 10.2 Å². The van der Waals surface area contributed by atoms with Gasteiger partial charge in [0, 0.05) is 42.0 Å². The van der Waals surface area contributed by atoms with Gasteiger partial charge in [-0.2, -0.15) is 0 Å². The molecule has 0 saturated heterocycles. The van der Waals surface area contributed by atoms with Crippen molar-refractivity contribution in [3.05, 3.63) is 0 Å². The normalized spacial score (nSPS) is 12.2. The van der Waals surface area contributed by atoms with E-state index in [-0.39, 0.29) is 0 Å². The van der Waals surface area contributed by atoms with Crippen molar-refractivity contribution in [2.45, 2.75) is 20.4 Å². The summed E-state index contributed by atoms with van der Waals surface area (Å²) in [7, 11) is 5.97. The van der Waals surface area contributed by atoms with Crippen LogP contribution in [-0.4, -0.2) is 59.3 Å². The van der Waals surface area contributed by atoms with Crippen molar-refractivity contribution < 1.29 is 8.85 Å². The van der Waals surface area contributed by atoms with Crippen molar-refractivity contribution in [3.8, 4) is 0 Å². The van der Waals surface area contributed by atoms with E-state index in [1.165, 1.54) is 0 Å². The second-order valence-electron chi connectivity index (χ2n) is 3.63. The van der Waals surface area contributed by atoms with Gasteiger partial charge in [0.2, 0.25) is 11.8 Å². The van der Waals surface area contributed by atoms with E-state index >= 15 is 0 Å². The van der Waals surface area contributed by atoms with Crippen LogP contribution in [0.1, 0.15) is 13.8 Å². The molecule has 0 unspecified atom stereocenters. The lowest BCUT2D eigenvalue weighted by atomic mass is 10.8. The topological polar surface area (TPSA) is 49.7 Å². The minimum Gasteiger partial charge on any atom is -0.304 e. The maximum atomic E-state index is 5.50. The zero-order valence-corrected chi connectivity index (χ0v) is 12.1. The summed E-state index contributed by atoms with van der Waals surface area (Å²) >= 11 is 0. The highest BCUT2D eigenvalue weighted by Gasteiger charge is 2.31. The van der Waals surface area contributed by atoms with Crippen LogP contribution in [0.15, 0.2) is 10.2 Å². The third-order valence-electron chi connectivity index (χ3n) is 1.26. The van der Waals surface area contributed by atoms with Gasteiger partial charge in [-0.3, -0.25) is 10.0 Å². The Morgan fingerprint density at radius 3 is 1.44 bits per heavy atom. The Balaban J connectivity index is 4.13. The van der Waals surface area contributed by atoms with Crippen molar-refractivity contribution in [1.29, 1.82) is 0 Å². The molecule has 0 radical (unpaired) electrons. The SMILES string of the molecule is C/C(=N\N(C)C)O[Si+](C)O/C(C)=N/N(C)C. The lowest BCUT2D eigenvalue weighted by molar-refractivity contribution is 0.367. The molecule has 0 aliphatic carbocycles. The van der Waals surface area contributed by atoms with Crippen LogP contribution in [-0.2, 0) is 8.85 Å². The molecule has 0 bridgehead atoms. The van der Waals surface area contributed by atoms with Gasteiger partial charge in [0.25, 0.3) is 0 Å². The highest BCUT2D eigenvalue weighted by molar-refractivity contribution is 6.47. The van der Waals surface area contributed by atoms with Gasteiger partial charge in [0.1, 0.15) is 6.55 Å². The summed E-state index contributed by atoms with van der Waals surface area (Å²) in [5, 5.41) is 11.6. The molecule has 0 amide bonds. The van der Waals surface area contributed by atoms with Crippen LogP contribution in [0.4, 0.5) is 0 Å². The molecule has 6 nitrogen and oxygen atoms in total. The summed E-state index contributed by atoms with van der Waals surface area (Å²) in [5.74, 6) is 1.19. The number of hydrogen-bond donors (Lipinski definition) is 0. The predicted octanol–water partition coefficient (Wildman–Crippen LogP) is 0.928. The maximum absolute atomic E-state index is 5.50. The Morgan fingerprint density at radius 2 is 1.19 bits per heavy atom. The highest BCUT2D eigenvalue weighted by Crippen LogP contribution is 1.95. The molecule has 0 aliphatic heterocycles. The van der Waals surface area contributed by atoms with Crippen LogP contribution in [0.2, 0.25) is 6.55 Å². The summed E-state index contributed by atoms with van der Waals surface area (Å²) in [6.45, 7) is 5.50. The van der Waals surface area contributed by atoms with Crippen molar-refractivity contribution in [1.82, 2.24) is 10.0 Å². The Kier molecular flexibility index (Phi) is 6.55. The molecule has 0 saturated carbocycles. The quantitative estimate of drug-likeness (QED) is 0.320. The van der Waals surface area contributed by atoms with Crippen LogP contribution in [0.5, 0.6) is 0 Å². The number of hydrazone groups is 2. The van der Waals surface area contributed by atoms with E-state index < -0.39 is 9.28 Å². The summed E-state index contributed by atoms with van der Waals surface area (Å²) in [6.07, 6.45) is 0. The van der Waals surface area contributed by atoms with Gasteiger partial charge in [-0.05, 0) is 0 Å². The first-order valence-corrected chi connectivity index (χ1v) is 6.77. The summed E-state index contributed by atoms with van der Waals surface area (Å²) in [6, 6.07) is 0. The zero-order valence-electron chi connectivity index (χ0n) is 11.1. The maximum Gasteiger partial charge on any atom is 0.778 e. The number of nitrogens with zero attached hydrogens (tertiary/aromatic N) is 4. The molecule has 0 aromatic heterocycles. The molecule has 0 aliphatic rings. The molecule has 0 N–H and O–H groups in total. The average Bonchev–Trinajstić information content (AvgIpc) is 1.97. The highest BCUT2D eigenvalue weighted by atomic mass is 28.3. The Labute approximate surface area is 99.4 Å². The molecule has 0 rings (SSSR count). The van der Waals surface area contributed by atoms with Gasteiger partial charge in [-0.1, -0.05) is 0 Å². The van der Waals surface area contributed by atoms with Crippen molar-refractivity contribution >= 4 is 21.1 Å². The van der Waals surface area contributed by atoms with Gasteiger partial charge in [-0.25, -0.2) is 0 Å². The van der Waals surface area contributed by atoms with Crippen LogP contribution < -0.4 is 0 Å². The van der Waals surface area contributed by atoms with Gasteiger partial charge >= 0.3 is 9.28 Å². The standard InChI is InChI=1S/C9H21N4O2Si/c1-8(10-12(3)4)14-16(7)15-9(2)11-13(5)6/h1-7H3/q+1/b10-8+,11-9+. The molecular formula is C9H21N4O2Si+. The van der Waals surface area contributed by atoms with E-state index in [1.54, 1.807) is 23.9 Å². The Bertz CT molecular complexity index is 240. The van der Waals surface area contributed by atoms with Gasteiger partial charge < -0.3 is 8.85 Å². The molecule has 0 atom stereocenters. The third kappa shape index (κ3) is 8.10. The first-order chi connectivity index (χ1) is 7.31. The lowest BCUT2D eigenvalue weighted by Gasteiger charge is -2.06. The second-order valence-corrected chi connectivity index (χ2v) is 5.02. The van der Waals surface area contributed by atoms with E-state index in [0.717, 1.165) is 0 Å². The molecule has 0 spiro atoms. The first-order valence-electron chi connectivity index (χ1n) is 4.95. The van der Waals surface area contributed by atoms with Gasteiger partial charge in [0.05, 0.1) is 0 Å². The fourth-order valence-corrected chi connectivity index (χ4v) is 2.00. The molecule has 0 heterocycles. The van der Waals surface area contributed by atoms with E-state index in [4.69, 9.17) is 8.85 Å². The minimum atomic E-state index is -1.39. The predicted molar refractivity (Wildman–Crippen MR) is 67.4 cm³/mol. The molecule has 0 aromatic carbocycles. The van der Waals surface area contributed by atoms with Gasteiger partial charge in [-0.15, -0.1) is 10.2 Å². The summed E-state index contributed by atoms with van der Waals surface area (Å²) in [5.41, 5.74) is 0. The third-order valence-corrected chi connectivity index (χ3v) is 2.43. The van der Waals surface area contributed by atoms with E-state index in [0.29, 0.717) is 11.8 Å². The Hall–Kier alpha value is -1.24. The minimum absolute atomic E-state index is 0.596. The summed E-state index contributed by atoms with van der Waals surface area (Å²) in [4.78, 5) is 0. The Morgan fingerprint density at radius 1 is 0.875 bits per heavy atom. The monoisotopic (exact) mass is 245 g/mol. The second kappa shape index (κ2) is 7.10. The fraction of sp³-hybridized carbons (Fsp3) is 0.778. The number of hydrogen-bond acceptors (Lipinski definition) is 6. The van der Waals surface area contributed by atoms with Crippen LogP contribution >= 0.6 is 0 Å². The van der Waals surface area contributed by atoms with Crippen molar-refractivity contribution in [3.63, 3.8) is 0 Å². The fourth-order valence-electron chi connectivity index (χ4n) is 1.04. The van der Waals surface area contributed by atoms with Crippen LogP contribution in [0, 0.1) is 0 Å². The molecule has 16 heavy (non-hydrogen) atoms. The average molecular weight is 245 g/mol. The van der Waals surface area contributed by atoms with Gasteiger partial charge in [0.15, 0.2) is 0 Å². The molecule has 0 aromatic rings. The van der Waals surface area contributed by atoms with E-state index in [9.17, 15) is 0 Å². The molecule has 92 valence electrons. The molecular weight excluding hydrogens is 224 g/mol. The smallest absolute Gasteiger partial charge is 0.304 e. The van der Waals surface area contributed by atoms with Crippen molar-refractivity contribution in [2.75, 3.05) is 28.2 Å². The molecule has 0 fully saturated rings. The summed E-state index contributed by atoms with van der Waals surface area (Å²) < 4.78 is 11.0.